The van der Waals surface area contributed by atoms with E-state index in [9.17, 15) is 4.39 Å². The molecule has 1 unspecified atom stereocenters. The van der Waals surface area contributed by atoms with Crippen LogP contribution in [-0.4, -0.2) is 37.1 Å². The molecule has 0 radical (unpaired) electrons. The van der Waals surface area contributed by atoms with Crippen LogP contribution in [0.2, 0.25) is 0 Å². The smallest absolute Gasteiger partial charge is 0.129 e. The van der Waals surface area contributed by atoms with Gasteiger partial charge in [-0.15, -0.1) is 0 Å². The predicted octanol–water partition coefficient (Wildman–Crippen LogP) is 1.96. The molecular formula is C15H22FN3. The van der Waals surface area contributed by atoms with Gasteiger partial charge in [0.2, 0.25) is 0 Å². The van der Waals surface area contributed by atoms with Gasteiger partial charge in [-0.2, -0.15) is 0 Å². The molecule has 1 atom stereocenters. The van der Waals surface area contributed by atoms with Crippen LogP contribution in [0.4, 0.5) is 10.1 Å². The number of piperidine rings is 1. The Morgan fingerprint density at radius 1 is 1.21 bits per heavy atom. The van der Waals surface area contributed by atoms with E-state index in [2.05, 4.69) is 9.80 Å². The van der Waals surface area contributed by atoms with E-state index >= 15 is 0 Å². The standard InChI is InChI=1S/C15H22FN3/c16-14-5-3-6-15(13(14)10-17)19-9-8-18-7-2-1-4-12(18)11-19/h3,5-6,12H,1-2,4,7-11,17H2. The minimum absolute atomic E-state index is 0.175. The minimum atomic E-state index is -0.175. The molecule has 1 aromatic rings. The van der Waals surface area contributed by atoms with Gasteiger partial charge in [-0.25, -0.2) is 4.39 Å². The van der Waals surface area contributed by atoms with Gasteiger partial charge in [-0.1, -0.05) is 12.5 Å². The summed E-state index contributed by atoms with van der Waals surface area (Å²) in [5.41, 5.74) is 7.37. The summed E-state index contributed by atoms with van der Waals surface area (Å²) in [5, 5.41) is 0. The molecule has 104 valence electrons. The average Bonchev–Trinajstić information content (AvgIpc) is 2.46. The first-order valence-corrected chi connectivity index (χ1v) is 7.26. The Morgan fingerprint density at radius 2 is 2.11 bits per heavy atom. The van der Waals surface area contributed by atoms with Crippen molar-refractivity contribution in [3.63, 3.8) is 0 Å². The number of nitrogens with two attached hydrogens (primary N) is 1. The fraction of sp³-hybridized carbons (Fsp3) is 0.600. The van der Waals surface area contributed by atoms with Gasteiger partial charge < -0.3 is 10.6 Å². The topological polar surface area (TPSA) is 32.5 Å². The number of anilines is 1. The van der Waals surface area contributed by atoms with Crippen molar-refractivity contribution in [2.75, 3.05) is 31.1 Å². The predicted molar refractivity (Wildman–Crippen MR) is 75.7 cm³/mol. The molecule has 2 saturated heterocycles. The van der Waals surface area contributed by atoms with E-state index in [1.54, 1.807) is 6.07 Å². The summed E-state index contributed by atoms with van der Waals surface area (Å²) in [5.74, 6) is -0.175. The van der Waals surface area contributed by atoms with E-state index in [1.807, 2.05) is 6.07 Å². The van der Waals surface area contributed by atoms with Gasteiger partial charge in [0.25, 0.3) is 0 Å². The first-order valence-electron chi connectivity index (χ1n) is 7.26. The Hall–Kier alpha value is -1.13. The number of nitrogens with zero attached hydrogens (tertiary/aromatic N) is 2. The van der Waals surface area contributed by atoms with E-state index in [1.165, 1.54) is 31.9 Å². The minimum Gasteiger partial charge on any atom is -0.368 e. The molecular weight excluding hydrogens is 241 g/mol. The second kappa shape index (κ2) is 5.47. The monoisotopic (exact) mass is 263 g/mol. The van der Waals surface area contributed by atoms with Crippen LogP contribution in [0.25, 0.3) is 0 Å². The van der Waals surface area contributed by atoms with Crippen LogP contribution < -0.4 is 10.6 Å². The molecule has 0 bridgehead atoms. The molecule has 19 heavy (non-hydrogen) atoms. The van der Waals surface area contributed by atoms with Gasteiger partial charge in [0, 0.05) is 43.5 Å². The van der Waals surface area contributed by atoms with Crippen molar-refractivity contribution in [1.29, 1.82) is 0 Å². The zero-order chi connectivity index (χ0) is 13.2. The Morgan fingerprint density at radius 3 is 2.95 bits per heavy atom. The van der Waals surface area contributed by atoms with Crippen molar-refractivity contribution in [3.8, 4) is 0 Å². The van der Waals surface area contributed by atoms with Crippen LogP contribution in [0, 0.1) is 5.82 Å². The third kappa shape index (κ3) is 2.47. The van der Waals surface area contributed by atoms with Gasteiger partial charge in [-0.3, -0.25) is 4.90 Å². The molecule has 4 heteroatoms. The highest BCUT2D eigenvalue weighted by Crippen LogP contribution is 2.28. The molecule has 0 spiro atoms. The van der Waals surface area contributed by atoms with Crippen LogP contribution in [0.1, 0.15) is 24.8 Å². The first-order chi connectivity index (χ1) is 9.29. The lowest BCUT2D eigenvalue weighted by molar-refractivity contribution is 0.133. The maximum Gasteiger partial charge on any atom is 0.129 e. The second-order valence-corrected chi connectivity index (χ2v) is 5.57. The average molecular weight is 263 g/mol. The molecule has 2 heterocycles. The third-order valence-corrected chi connectivity index (χ3v) is 4.48. The number of hydrogen-bond donors (Lipinski definition) is 1. The summed E-state index contributed by atoms with van der Waals surface area (Å²) in [6.07, 6.45) is 3.91. The van der Waals surface area contributed by atoms with Crippen molar-refractivity contribution in [2.45, 2.75) is 31.8 Å². The molecule has 2 fully saturated rings. The highest BCUT2D eigenvalue weighted by atomic mass is 19.1. The summed E-state index contributed by atoms with van der Waals surface area (Å²) in [4.78, 5) is 4.90. The van der Waals surface area contributed by atoms with Crippen LogP contribution in [0.5, 0.6) is 0 Å². The molecule has 0 aliphatic carbocycles. The number of halogens is 1. The maximum absolute atomic E-state index is 13.8. The molecule has 1 aromatic carbocycles. The molecule has 0 amide bonds. The lowest BCUT2D eigenvalue weighted by Gasteiger charge is -2.45. The number of piperazine rings is 1. The maximum atomic E-state index is 13.8. The molecule has 3 rings (SSSR count). The first kappa shape index (κ1) is 12.9. The number of fused-ring (bicyclic) bond motifs is 1. The van der Waals surface area contributed by atoms with Crippen molar-refractivity contribution in [1.82, 2.24) is 4.90 Å². The zero-order valence-corrected chi connectivity index (χ0v) is 11.3. The van der Waals surface area contributed by atoms with E-state index < -0.39 is 0 Å². The Balaban J connectivity index is 1.81. The molecule has 2 aliphatic heterocycles. The van der Waals surface area contributed by atoms with Crippen molar-refractivity contribution in [2.24, 2.45) is 5.73 Å². The second-order valence-electron chi connectivity index (χ2n) is 5.57. The van der Waals surface area contributed by atoms with Crippen molar-refractivity contribution < 1.29 is 4.39 Å². The normalized spacial score (nSPS) is 24.3. The molecule has 0 saturated carbocycles. The van der Waals surface area contributed by atoms with E-state index in [0.717, 1.165) is 25.3 Å². The summed E-state index contributed by atoms with van der Waals surface area (Å²) >= 11 is 0. The van der Waals surface area contributed by atoms with E-state index in [4.69, 9.17) is 5.73 Å². The van der Waals surface area contributed by atoms with Crippen LogP contribution in [-0.2, 0) is 6.54 Å². The molecule has 2 aliphatic rings. The van der Waals surface area contributed by atoms with Gasteiger partial charge in [0.1, 0.15) is 5.82 Å². The highest BCUT2D eigenvalue weighted by Gasteiger charge is 2.29. The van der Waals surface area contributed by atoms with Crippen LogP contribution in [0.15, 0.2) is 18.2 Å². The largest absolute Gasteiger partial charge is 0.368 e. The number of benzene rings is 1. The molecule has 3 nitrogen and oxygen atoms in total. The lowest BCUT2D eigenvalue weighted by Crippen LogP contribution is -2.55. The molecule has 2 N–H and O–H groups in total. The third-order valence-electron chi connectivity index (χ3n) is 4.48. The highest BCUT2D eigenvalue weighted by molar-refractivity contribution is 5.54. The number of hydrogen-bond acceptors (Lipinski definition) is 3. The Labute approximate surface area is 114 Å². The van der Waals surface area contributed by atoms with Crippen molar-refractivity contribution in [3.05, 3.63) is 29.6 Å². The number of rotatable bonds is 2. The van der Waals surface area contributed by atoms with Gasteiger partial charge in [0.15, 0.2) is 0 Å². The molecule has 0 aromatic heterocycles. The SMILES string of the molecule is NCc1c(F)cccc1N1CCN2CCCCC2C1. The lowest BCUT2D eigenvalue weighted by atomic mass is 9.98. The summed E-state index contributed by atoms with van der Waals surface area (Å²) < 4.78 is 13.8. The van der Waals surface area contributed by atoms with Crippen LogP contribution >= 0.6 is 0 Å². The summed E-state index contributed by atoms with van der Waals surface area (Å²) in [6.45, 7) is 4.58. The Bertz CT molecular complexity index is 449. The van der Waals surface area contributed by atoms with Gasteiger partial charge in [0.05, 0.1) is 0 Å². The van der Waals surface area contributed by atoms with Gasteiger partial charge in [-0.05, 0) is 31.5 Å². The Kier molecular flexibility index (Phi) is 3.71. The summed E-state index contributed by atoms with van der Waals surface area (Å²) in [6, 6.07) is 5.93. The van der Waals surface area contributed by atoms with Crippen LogP contribution in [0.3, 0.4) is 0 Å². The van der Waals surface area contributed by atoms with E-state index in [0.29, 0.717) is 11.6 Å². The zero-order valence-electron chi connectivity index (χ0n) is 11.3. The fourth-order valence-electron chi connectivity index (χ4n) is 3.42. The van der Waals surface area contributed by atoms with Crippen molar-refractivity contribution >= 4 is 5.69 Å². The van der Waals surface area contributed by atoms with E-state index in [-0.39, 0.29) is 12.4 Å². The quantitative estimate of drug-likeness (QED) is 0.885. The fourth-order valence-corrected chi connectivity index (χ4v) is 3.42. The van der Waals surface area contributed by atoms with Gasteiger partial charge >= 0.3 is 0 Å². The summed E-state index contributed by atoms with van der Waals surface area (Å²) in [7, 11) is 0.